The van der Waals surface area contributed by atoms with Gasteiger partial charge < -0.3 is 15.5 Å². The maximum atomic E-state index is 12.0. The first-order valence-corrected chi connectivity index (χ1v) is 8.37. The molecule has 1 aliphatic rings. The second-order valence-electron chi connectivity index (χ2n) is 6.05. The van der Waals surface area contributed by atoms with Crippen LogP contribution in [0.5, 0.6) is 0 Å². The summed E-state index contributed by atoms with van der Waals surface area (Å²) in [7, 11) is 0. The van der Waals surface area contributed by atoms with E-state index in [1.54, 1.807) is 0 Å². The Kier molecular flexibility index (Phi) is 16.0. The van der Waals surface area contributed by atoms with E-state index in [1.165, 1.54) is 19.3 Å². The number of hydrogen-bond donors (Lipinski definition) is 2. The molecule has 1 fully saturated rings. The fraction of sp³-hybridized carbons (Fsp3) is 0.938. The molecule has 134 valence electrons. The lowest BCUT2D eigenvalue weighted by molar-refractivity contribution is -0.122. The number of rotatable bonds is 9. The van der Waals surface area contributed by atoms with Crippen LogP contribution in [0, 0.1) is 11.8 Å². The van der Waals surface area contributed by atoms with E-state index in [9.17, 15) is 4.79 Å². The number of carbonyl (C=O) groups is 1. The molecule has 0 aromatic carbocycles. The molecular formula is C16H35Cl2N3O. The maximum absolute atomic E-state index is 12.0. The lowest BCUT2D eigenvalue weighted by Crippen LogP contribution is -2.37. The average Bonchev–Trinajstić information content (AvgIpc) is 2.47. The van der Waals surface area contributed by atoms with E-state index >= 15 is 0 Å². The van der Waals surface area contributed by atoms with Gasteiger partial charge in [-0.05, 0) is 57.3 Å². The van der Waals surface area contributed by atoms with Crippen molar-refractivity contribution in [3.05, 3.63) is 0 Å². The molecule has 0 bridgehead atoms. The predicted molar refractivity (Wildman–Crippen MR) is 99.3 cm³/mol. The zero-order valence-corrected chi connectivity index (χ0v) is 16.0. The summed E-state index contributed by atoms with van der Waals surface area (Å²) in [5.41, 5.74) is 0. The van der Waals surface area contributed by atoms with Gasteiger partial charge in [0.2, 0.25) is 5.91 Å². The summed E-state index contributed by atoms with van der Waals surface area (Å²) >= 11 is 0. The van der Waals surface area contributed by atoms with Crippen LogP contribution in [0.2, 0.25) is 0 Å². The normalized spacial score (nSPS) is 16.5. The van der Waals surface area contributed by atoms with E-state index < -0.39 is 0 Å². The number of amides is 1. The molecule has 6 heteroatoms. The molecule has 2 N–H and O–H groups in total. The van der Waals surface area contributed by atoms with Gasteiger partial charge in [-0.15, -0.1) is 24.8 Å². The fourth-order valence-corrected chi connectivity index (χ4v) is 3.04. The topological polar surface area (TPSA) is 44.4 Å². The van der Waals surface area contributed by atoms with Crippen LogP contribution in [0.3, 0.4) is 0 Å². The number of hydrogen-bond acceptors (Lipinski definition) is 3. The molecule has 0 aliphatic carbocycles. The van der Waals surface area contributed by atoms with Crippen LogP contribution in [0.15, 0.2) is 0 Å². The molecule has 0 spiro atoms. The summed E-state index contributed by atoms with van der Waals surface area (Å²) in [5.74, 6) is 1.45. The highest BCUT2D eigenvalue weighted by Crippen LogP contribution is 2.23. The van der Waals surface area contributed by atoms with Gasteiger partial charge in [0.1, 0.15) is 0 Å². The number of nitrogens with one attached hydrogen (secondary N) is 2. The van der Waals surface area contributed by atoms with Crippen molar-refractivity contribution in [2.75, 3.05) is 39.3 Å². The minimum absolute atomic E-state index is 0. The minimum Gasteiger partial charge on any atom is -0.355 e. The van der Waals surface area contributed by atoms with Gasteiger partial charge >= 0.3 is 0 Å². The van der Waals surface area contributed by atoms with Gasteiger partial charge in [-0.3, -0.25) is 4.79 Å². The number of likely N-dealkylation sites (N-methyl/N-ethyl adjacent to an activating group) is 1. The quantitative estimate of drug-likeness (QED) is 0.668. The molecule has 22 heavy (non-hydrogen) atoms. The summed E-state index contributed by atoms with van der Waals surface area (Å²) < 4.78 is 0. The van der Waals surface area contributed by atoms with Crippen LogP contribution in [-0.2, 0) is 4.79 Å². The number of halogens is 2. The summed E-state index contributed by atoms with van der Waals surface area (Å²) in [6, 6.07) is 0. The molecule has 1 amide bonds. The lowest BCUT2D eigenvalue weighted by Gasteiger charge is -2.28. The molecule has 1 unspecified atom stereocenters. The van der Waals surface area contributed by atoms with E-state index in [1.807, 2.05) is 0 Å². The molecule has 4 nitrogen and oxygen atoms in total. The van der Waals surface area contributed by atoms with E-state index in [2.05, 4.69) is 36.3 Å². The first-order valence-electron chi connectivity index (χ1n) is 8.37. The Morgan fingerprint density at radius 1 is 1.23 bits per heavy atom. The van der Waals surface area contributed by atoms with Gasteiger partial charge in [-0.25, -0.2) is 0 Å². The molecular weight excluding hydrogens is 321 g/mol. The van der Waals surface area contributed by atoms with Crippen molar-refractivity contribution in [2.24, 2.45) is 11.8 Å². The van der Waals surface area contributed by atoms with Crippen LogP contribution in [-0.4, -0.2) is 50.1 Å². The van der Waals surface area contributed by atoms with Crippen molar-refractivity contribution in [2.45, 2.75) is 46.5 Å². The third-order valence-electron chi connectivity index (χ3n) is 4.43. The summed E-state index contributed by atoms with van der Waals surface area (Å²) in [6.45, 7) is 12.8. The van der Waals surface area contributed by atoms with Gasteiger partial charge in [0.05, 0.1) is 0 Å². The number of piperidine rings is 1. The van der Waals surface area contributed by atoms with Crippen molar-refractivity contribution in [3.8, 4) is 0 Å². The van der Waals surface area contributed by atoms with Crippen LogP contribution in [0.25, 0.3) is 0 Å². The van der Waals surface area contributed by atoms with Gasteiger partial charge in [0, 0.05) is 19.5 Å². The molecule has 0 radical (unpaired) electrons. The van der Waals surface area contributed by atoms with E-state index in [4.69, 9.17) is 0 Å². The molecule has 1 rings (SSSR count). The predicted octanol–water partition coefficient (Wildman–Crippen LogP) is 2.70. The Hall–Kier alpha value is -0.0300. The highest BCUT2D eigenvalue weighted by atomic mass is 35.5. The first kappa shape index (κ1) is 24.2. The van der Waals surface area contributed by atoms with Crippen molar-refractivity contribution in [1.29, 1.82) is 0 Å². The van der Waals surface area contributed by atoms with Gasteiger partial charge in [0.15, 0.2) is 0 Å². The zero-order chi connectivity index (χ0) is 14.8. The second kappa shape index (κ2) is 14.6. The molecule has 0 saturated carbocycles. The fourth-order valence-electron chi connectivity index (χ4n) is 3.04. The van der Waals surface area contributed by atoms with Crippen LogP contribution in [0.1, 0.15) is 46.5 Å². The van der Waals surface area contributed by atoms with Crippen molar-refractivity contribution in [3.63, 3.8) is 0 Å². The van der Waals surface area contributed by atoms with E-state index in [0.717, 1.165) is 39.3 Å². The molecule has 0 aromatic rings. The van der Waals surface area contributed by atoms with Gasteiger partial charge in [-0.1, -0.05) is 20.8 Å². The summed E-state index contributed by atoms with van der Waals surface area (Å²) in [5, 5.41) is 6.46. The maximum Gasteiger partial charge on any atom is 0.220 e. The van der Waals surface area contributed by atoms with Crippen molar-refractivity contribution in [1.82, 2.24) is 15.5 Å². The summed E-state index contributed by atoms with van der Waals surface area (Å²) in [4.78, 5) is 14.4. The summed E-state index contributed by atoms with van der Waals surface area (Å²) in [6.07, 6.45) is 4.29. The number of carbonyl (C=O) groups excluding carboxylic acids is 1. The average molecular weight is 356 g/mol. The molecule has 1 aliphatic heterocycles. The Morgan fingerprint density at radius 3 is 2.41 bits per heavy atom. The largest absolute Gasteiger partial charge is 0.355 e. The minimum atomic E-state index is 0. The lowest BCUT2D eigenvalue weighted by atomic mass is 9.84. The van der Waals surface area contributed by atoms with Crippen LogP contribution < -0.4 is 10.6 Å². The van der Waals surface area contributed by atoms with E-state index in [0.29, 0.717) is 18.3 Å². The second-order valence-corrected chi connectivity index (χ2v) is 6.05. The third-order valence-corrected chi connectivity index (χ3v) is 4.43. The van der Waals surface area contributed by atoms with Crippen molar-refractivity contribution >= 4 is 30.7 Å². The van der Waals surface area contributed by atoms with Crippen LogP contribution >= 0.6 is 24.8 Å². The van der Waals surface area contributed by atoms with E-state index in [-0.39, 0.29) is 30.7 Å². The first-order chi connectivity index (χ1) is 9.67. The highest BCUT2D eigenvalue weighted by molar-refractivity contribution is 5.85. The Morgan fingerprint density at radius 2 is 1.86 bits per heavy atom. The highest BCUT2D eigenvalue weighted by Gasteiger charge is 2.21. The van der Waals surface area contributed by atoms with Crippen LogP contribution in [0.4, 0.5) is 0 Å². The standard InChI is InChI=1S/C16H33N3O.2ClH/c1-4-11-19(5-2)12-10-18-16(20)13-14(3)15-6-8-17-9-7-15;;/h14-15,17H,4-13H2,1-3H3,(H,18,20);2*1H. The van der Waals surface area contributed by atoms with Gasteiger partial charge in [0.25, 0.3) is 0 Å². The van der Waals surface area contributed by atoms with Crippen molar-refractivity contribution < 1.29 is 4.79 Å². The molecule has 1 heterocycles. The Bertz CT molecular complexity index is 274. The molecule has 0 aromatic heterocycles. The number of nitrogens with zero attached hydrogens (tertiary/aromatic N) is 1. The molecule has 1 saturated heterocycles. The molecule has 1 atom stereocenters. The Labute approximate surface area is 149 Å². The monoisotopic (exact) mass is 355 g/mol. The van der Waals surface area contributed by atoms with Gasteiger partial charge in [-0.2, -0.15) is 0 Å². The smallest absolute Gasteiger partial charge is 0.220 e. The zero-order valence-electron chi connectivity index (χ0n) is 14.4. The Balaban J connectivity index is 0. The SMILES string of the molecule is CCCN(CC)CCNC(=O)CC(C)C1CCNCC1.Cl.Cl. The third kappa shape index (κ3) is 9.88.